The van der Waals surface area contributed by atoms with E-state index in [1.54, 1.807) is 12.1 Å². The number of hydrogen-bond donors (Lipinski definition) is 3. The molecule has 0 aromatic heterocycles. The fraction of sp³-hybridized carbons (Fsp3) is 0.391. The van der Waals surface area contributed by atoms with E-state index >= 15 is 0 Å². The fourth-order valence-electron chi connectivity index (χ4n) is 3.55. The average molecular weight is 573 g/mol. The summed E-state index contributed by atoms with van der Waals surface area (Å²) in [6.45, 7) is 4.45. The minimum absolute atomic E-state index is 0. The minimum atomic E-state index is -0.575. The highest BCUT2D eigenvalue weighted by atomic mass is 127. The van der Waals surface area contributed by atoms with Gasteiger partial charge in [0.15, 0.2) is 12.6 Å². The summed E-state index contributed by atoms with van der Waals surface area (Å²) in [4.78, 5) is 17.3. The second kappa shape index (κ2) is 13.2. The van der Waals surface area contributed by atoms with E-state index in [4.69, 9.17) is 10.5 Å². The van der Waals surface area contributed by atoms with E-state index in [2.05, 4.69) is 15.6 Å². The van der Waals surface area contributed by atoms with Gasteiger partial charge in [-0.25, -0.2) is 8.78 Å². The van der Waals surface area contributed by atoms with Gasteiger partial charge in [-0.15, -0.1) is 24.0 Å². The van der Waals surface area contributed by atoms with Gasteiger partial charge in [0.25, 0.3) is 5.91 Å². The summed E-state index contributed by atoms with van der Waals surface area (Å²) < 4.78 is 32.5. The summed E-state index contributed by atoms with van der Waals surface area (Å²) in [5, 5.41) is 6.65. The van der Waals surface area contributed by atoms with Gasteiger partial charge in [0, 0.05) is 38.3 Å². The Balaban J connectivity index is 0.00000385. The number of amides is 1. The van der Waals surface area contributed by atoms with Gasteiger partial charge in [0.05, 0.1) is 5.69 Å². The zero-order valence-electron chi connectivity index (χ0n) is 18.5. The van der Waals surface area contributed by atoms with Crippen LogP contribution in [-0.2, 0) is 11.2 Å². The number of benzene rings is 2. The van der Waals surface area contributed by atoms with Crippen molar-refractivity contribution in [2.24, 2.45) is 10.7 Å². The largest absolute Gasteiger partial charge is 0.484 e. The van der Waals surface area contributed by atoms with Crippen molar-refractivity contribution in [1.82, 2.24) is 10.6 Å². The fourth-order valence-corrected chi connectivity index (χ4v) is 3.55. The number of carbonyl (C=O) groups is 1. The molecule has 0 bridgehead atoms. The molecule has 1 aliphatic heterocycles. The average Bonchev–Trinajstić information content (AvgIpc) is 3.21. The molecule has 180 valence electrons. The quantitative estimate of drug-likeness (QED) is 0.244. The Labute approximate surface area is 209 Å². The summed E-state index contributed by atoms with van der Waals surface area (Å²) in [5.74, 6) is -0.332. The molecule has 1 saturated heterocycles. The first-order chi connectivity index (χ1) is 15.4. The molecule has 0 radical (unpaired) electrons. The summed E-state index contributed by atoms with van der Waals surface area (Å²) in [6.07, 6.45) is 1.57. The van der Waals surface area contributed by atoms with Crippen LogP contribution in [0.15, 0.2) is 47.5 Å². The lowest BCUT2D eigenvalue weighted by Crippen LogP contribution is -2.44. The van der Waals surface area contributed by atoms with Crippen molar-refractivity contribution in [1.29, 1.82) is 0 Å². The van der Waals surface area contributed by atoms with Gasteiger partial charge in [0.2, 0.25) is 0 Å². The van der Waals surface area contributed by atoms with Crippen LogP contribution in [0.25, 0.3) is 0 Å². The molecule has 0 spiro atoms. The van der Waals surface area contributed by atoms with Gasteiger partial charge in [-0.05, 0) is 49.6 Å². The number of nitrogens with two attached hydrogens (primary N) is 1. The topological polar surface area (TPSA) is 92.0 Å². The first kappa shape index (κ1) is 26.6. The van der Waals surface area contributed by atoms with E-state index < -0.39 is 17.5 Å². The van der Waals surface area contributed by atoms with Crippen molar-refractivity contribution in [3.05, 3.63) is 59.7 Å². The van der Waals surface area contributed by atoms with Crippen LogP contribution in [0.3, 0.4) is 0 Å². The lowest BCUT2D eigenvalue weighted by molar-refractivity contribution is -0.119. The van der Waals surface area contributed by atoms with E-state index in [-0.39, 0.29) is 36.6 Å². The molecule has 1 atom stereocenters. The molecule has 0 saturated carbocycles. The monoisotopic (exact) mass is 573 g/mol. The van der Waals surface area contributed by atoms with E-state index in [9.17, 15) is 13.6 Å². The van der Waals surface area contributed by atoms with E-state index in [0.717, 1.165) is 31.0 Å². The smallest absolute Gasteiger partial charge is 0.255 e. The van der Waals surface area contributed by atoms with E-state index in [1.165, 1.54) is 12.1 Å². The van der Waals surface area contributed by atoms with Crippen molar-refractivity contribution < 1.29 is 18.3 Å². The molecule has 1 aliphatic rings. The standard InChI is InChI=1S/C23H29F2N5O2.HI/c1-2-27-23(28-11-9-16-3-6-19(7-4-16)32-15-22(26)31)29-18-10-12-30(14-18)21-8-5-17(24)13-20(21)25;/h3-8,13,18H,2,9-12,14-15H2,1H3,(H2,26,31)(H2,27,28,29);1H. The molecular formula is C23H30F2IN5O2. The Bertz CT molecular complexity index is 943. The minimum Gasteiger partial charge on any atom is -0.484 e. The zero-order valence-corrected chi connectivity index (χ0v) is 20.9. The van der Waals surface area contributed by atoms with E-state index in [0.29, 0.717) is 37.0 Å². The van der Waals surface area contributed by atoms with Crippen LogP contribution in [0.1, 0.15) is 18.9 Å². The SMILES string of the molecule is CCNC(=NCCc1ccc(OCC(N)=O)cc1)NC1CCN(c2ccc(F)cc2F)C1.I. The van der Waals surface area contributed by atoms with Gasteiger partial charge in [-0.3, -0.25) is 9.79 Å². The molecule has 1 unspecified atom stereocenters. The summed E-state index contributed by atoms with van der Waals surface area (Å²) >= 11 is 0. The number of aliphatic imine (C=N–C) groups is 1. The Hall–Kier alpha value is -2.63. The predicted molar refractivity (Wildman–Crippen MR) is 136 cm³/mol. The number of guanidine groups is 1. The number of anilines is 1. The molecule has 0 aliphatic carbocycles. The molecule has 1 amide bonds. The first-order valence-electron chi connectivity index (χ1n) is 10.7. The Kier molecular flexibility index (Phi) is 10.6. The van der Waals surface area contributed by atoms with Gasteiger partial charge in [0.1, 0.15) is 17.4 Å². The maximum Gasteiger partial charge on any atom is 0.255 e. The first-order valence-corrected chi connectivity index (χ1v) is 10.7. The number of rotatable bonds is 9. The van der Waals surface area contributed by atoms with Crippen molar-refractivity contribution >= 4 is 41.5 Å². The second-order valence-electron chi connectivity index (χ2n) is 7.58. The number of nitrogens with one attached hydrogen (secondary N) is 2. The van der Waals surface area contributed by atoms with E-state index in [1.807, 2.05) is 24.0 Å². The number of nitrogens with zero attached hydrogens (tertiary/aromatic N) is 2. The van der Waals surface area contributed by atoms with Gasteiger partial charge >= 0.3 is 0 Å². The molecule has 7 nitrogen and oxygen atoms in total. The highest BCUT2D eigenvalue weighted by Gasteiger charge is 2.25. The third-order valence-corrected chi connectivity index (χ3v) is 5.10. The maximum atomic E-state index is 14.1. The third-order valence-electron chi connectivity index (χ3n) is 5.10. The lowest BCUT2D eigenvalue weighted by Gasteiger charge is -2.21. The van der Waals surface area contributed by atoms with Gasteiger partial charge in [-0.1, -0.05) is 12.1 Å². The van der Waals surface area contributed by atoms with Crippen molar-refractivity contribution in [2.75, 3.05) is 37.7 Å². The number of ether oxygens (including phenoxy) is 1. The van der Waals surface area contributed by atoms with Crippen LogP contribution in [0.2, 0.25) is 0 Å². The van der Waals surface area contributed by atoms with Crippen molar-refractivity contribution in [3.8, 4) is 5.75 Å². The third kappa shape index (κ3) is 8.34. The number of halogens is 3. The van der Waals surface area contributed by atoms with Crippen LogP contribution < -0.4 is 26.0 Å². The summed E-state index contributed by atoms with van der Waals surface area (Å²) in [6, 6.07) is 11.2. The number of hydrogen-bond acceptors (Lipinski definition) is 4. The van der Waals surface area contributed by atoms with Crippen LogP contribution in [0, 0.1) is 11.6 Å². The number of primary amides is 1. The highest BCUT2D eigenvalue weighted by molar-refractivity contribution is 14.0. The van der Waals surface area contributed by atoms with Gasteiger partial charge < -0.3 is 26.0 Å². The summed E-state index contributed by atoms with van der Waals surface area (Å²) in [5.41, 5.74) is 6.58. The van der Waals surface area contributed by atoms with Crippen molar-refractivity contribution in [2.45, 2.75) is 25.8 Å². The van der Waals surface area contributed by atoms with Crippen LogP contribution in [0.4, 0.5) is 14.5 Å². The Morgan fingerprint density at radius 2 is 2.00 bits per heavy atom. The molecule has 1 heterocycles. The van der Waals surface area contributed by atoms with Gasteiger partial charge in [-0.2, -0.15) is 0 Å². The Morgan fingerprint density at radius 3 is 2.67 bits per heavy atom. The lowest BCUT2D eigenvalue weighted by atomic mass is 10.1. The molecule has 10 heteroatoms. The molecule has 1 fully saturated rings. The molecule has 2 aromatic carbocycles. The van der Waals surface area contributed by atoms with Crippen LogP contribution in [-0.4, -0.2) is 50.7 Å². The highest BCUT2D eigenvalue weighted by Crippen LogP contribution is 2.24. The number of carbonyl (C=O) groups excluding carboxylic acids is 1. The molecule has 3 rings (SSSR count). The maximum absolute atomic E-state index is 14.1. The van der Waals surface area contributed by atoms with Crippen LogP contribution >= 0.6 is 24.0 Å². The second-order valence-corrected chi connectivity index (χ2v) is 7.58. The normalized spacial score (nSPS) is 15.7. The molecule has 4 N–H and O–H groups in total. The molecule has 2 aromatic rings. The summed E-state index contributed by atoms with van der Waals surface area (Å²) in [7, 11) is 0. The Morgan fingerprint density at radius 1 is 1.24 bits per heavy atom. The zero-order chi connectivity index (χ0) is 22.9. The molecule has 33 heavy (non-hydrogen) atoms. The van der Waals surface area contributed by atoms with Crippen LogP contribution in [0.5, 0.6) is 5.75 Å². The molecular weight excluding hydrogens is 543 g/mol. The predicted octanol–water partition coefficient (Wildman–Crippen LogP) is 2.82. The van der Waals surface area contributed by atoms with Crippen molar-refractivity contribution in [3.63, 3.8) is 0 Å².